The Balaban J connectivity index is 3.53. The van der Waals surface area contributed by atoms with Gasteiger partial charge < -0.3 is 23.7 Å². The average molecular weight is 597 g/mol. The molecule has 0 aliphatic heterocycles. The first-order valence-electron chi connectivity index (χ1n) is 14.7. The fourth-order valence-electron chi connectivity index (χ4n) is 3.34. The maximum Gasteiger partial charge on any atom is 0.333 e. The van der Waals surface area contributed by atoms with Gasteiger partial charge in [0.25, 0.3) is 0 Å². The summed E-state index contributed by atoms with van der Waals surface area (Å²) in [5.41, 5.74) is 0.782. The summed E-state index contributed by atoms with van der Waals surface area (Å²) in [5, 5.41) is 0. The average Bonchev–Trinajstić information content (AvgIpc) is 2.94. The van der Waals surface area contributed by atoms with Crippen molar-refractivity contribution in [3.8, 4) is 0 Å². The summed E-state index contributed by atoms with van der Waals surface area (Å²) in [7, 11) is 0. The number of allylic oxidation sites excluding steroid dienone is 1. The van der Waals surface area contributed by atoms with E-state index in [1.54, 1.807) is 6.92 Å². The largest absolute Gasteiger partial charge is 0.466 e. The Kier molecular flexibility index (Phi) is 23.1. The second-order valence-electron chi connectivity index (χ2n) is 9.93. The van der Waals surface area contributed by atoms with Crippen LogP contribution in [0.1, 0.15) is 104 Å². The molecule has 0 aromatic carbocycles. The lowest BCUT2D eigenvalue weighted by Gasteiger charge is -2.07. The maximum absolute atomic E-state index is 11.8. The number of esters is 5. The monoisotopic (exact) mass is 596 g/mol. The smallest absolute Gasteiger partial charge is 0.333 e. The molecule has 0 fully saturated rings. The molecule has 0 aliphatic carbocycles. The van der Waals surface area contributed by atoms with E-state index in [4.69, 9.17) is 23.7 Å². The number of Topliss-reactive ketones (excluding diaryl/α,β-unsaturated/α-hetero) is 1. The third-order valence-electron chi connectivity index (χ3n) is 5.80. The molecule has 0 heterocycles. The number of hydrogen-bond acceptors (Lipinski definition) is 11. The topological polar surface area (TPSA) is 149 Å². The van der Waals surface area contributed by atoms with E-state index in [0.717, 1.165) is 6.42 Å². The molecular formula is C31H48O11. The lowest BCUT2D eigenvalue weighted by Crippen LogP contribution is -2.14. The van der Waals surface area contributed by atoms with Gasteiger partial charge in [0.05, 0.1) is 19.8 Å². The third-order valence-corrected chi connectivity index (χ3v) is 5.80. The van der Waals surface area contributed by atoms with Crippen LogP contribution in [0, 0.1) is 0 Å². The summed E-state index contributed by atoms with van der Waals surface area (Å²) >= 11 is 0. The van der Waals surface area contributed by atoms with E-state index in [2.05, 4.69) is 13.2 Å². The molecule has 11 heteroatoms. The highest BCUT2D eigenvalue weighted by molar-refractivity contribution is 5.94. The first-order chi connectivity index (χ1) is 20.0. The quantitative estimate of drug-likeness (QED) is 0.0582. The van der Waals surface area contributed by atoms with Crippen LogP contribution in [0.15, 0.2) is 24.3 Å². The number of unbranched alkanes of at least 4 members (excludes halogenated alkanes) is 5. The van der Waals surface area contributed by atoms with Gasteiger partial charge in [0, 0.05) is 37.7 Å². The Bertz CT molecular complexity index is 819. The summed E-state index contributed by atoms with van der Waals surface area (Å²) in [6, 6.07) is 0. The van der Waals surface area contributed by atoms with Crippen LogP contribution in [0.2, 0.25) is 0 Å². The third kappa shape index (κ3) is 24.3. The van der Waals surface area contributed by atoms with Crippen LogP contribution in [0.5, 0.6) is 0 Å². The van der Waals surface area contributed by atoms with Crippen LogP contribution in [-0.2, 0) is 52.5 Å². The molecule has 0 saturated carbocycles. The van der Waals surface area contributed by atoms with Gasteiger partial charge >= 0.3 is 29.8 Å². The van der Waals surface area contributed by atoms with Crippen LogP contribution < -0.4 is 0 Å². The Morgan fingerprint density at radius 1 is 0.405 bits per heavy atom. The molecule has 0 amide bonds. The molecule has 0 radical (unpaired) electrons. The summed E-state index contributed by atoms with van der Waals surface area (Å²) < 4.78 is 25.2. The zero-order valence-electron chi connectivity index (χ0n) is 25.3. The summed E-state index contributed by atoms with van der Waals surface area (Å²) in [6.07, 6.45) is 6.71. The lowest BCUT2D eigenvalue weighted by molar-refractivity contribution is -0.150. The maximum atomic E-state index is 11.8. The Morgan fingerprint density at radius 2 is 0.762 bits per heavy atom. The SMILES string of the molecule is C=C(C)C(=O)CCCOC(=O)CCCCCOC(=O)CCCCC(=O)OCCCCCC(=O)OCCOC(=O)C(=C)C. The molecule has 0 aliphatic rings. The number of ketones is 1. The predicted octanol–water partition coefficient (Wildman–Crippen LogP) is 4.89. The molecule has 11 nitrogen and oxygen atoms in total. The molecule has 0 aromatic rings. The minimum absolute atomic E-state index is 0.00334. The Morgan fingerprint density at radius 3 is 1.17 bits per heavy atom. The van der Waals surface area contributed by atoms with Crippen molar-refractivity contribution in [2.45, 2.75) is 104 Å². The molecule has 0 rings (SSSR count). The lowest BCUT2D eigenvalue weighted by atomic mass is 10.1. The molecule has 0 unspecified atom stereocenters. The fourth-order valence-corrected chi connectivity index (χ4v) is 3.34. The minimum atomic E-state index is -0.525. The molecule has 42 heavy (non-hydrogen) atoms. The first-order valence-corrected chi connectivity index (χ1v) is 14.7. The van der Waals surface area contributed by atoms with E-state index in [0.29, 0.717) is 63.4 Å². The van der Waals surface area contributed by atoms with Crippen molar-refractivity contribution in [3.63, 3.8) is 0 Å². The van der Waals surface area contributed by atoms with Crippen molar-refractivity contribution in [2.24, 2.45) is 0 Å². The predicted molar refractivity (Wildman–Crippen MR) is 154 cm³/mol. The number of hydrogen-bond donors (Lipinski definition) is 0. The summed E-state index contributed by atoms with van der Waals surface area (Å²) in [5.74, 6) is -1.88. The van der Waals surface area contributed by atoms with E-state index >= 15 is 0 Å². The molecular weight excluding hydrogens is 548 g/mol. The number of carbonyl (C=O) groups excluding carboxylic acids is 6. The van der Waals surface area contributed by atoms with E-state index in [9.17, 15) is 28.8 Å². The highest BCUT2D eigenvalue weighted by Crippen LogP contribution is 2.07. The zero-order valence-corrected chi connectivity index (χ0v) is 25.3. The normalized spacial score (nSPS) is 10.3. The van der Waals surface area contributed by atoms with Crippen LogP contribution in [0.4, 0.5) is 0 Å². The van der Waals surface area contributed by atoms with Crippen molar-refractivity contribution >= 4 is 35.6 Å². The number of ether oxygens (including phenoxy) is 5. The highest BCUT2D eigenvalue weighted by atomic mass is 16.6. The first kappa shape index (κ1) is 38.5. The van der Waals surface area contributed by atoms with Crippen LogP contribution in [-0.4, -0.2) is 68.7 Å². The van der Waals surface area contributed by atoms with Gasteiger partial charge in [-0.15, -0.1) is 0 Å². The van der Waals surface area contributed by atoms with Crippen molar-refractivity contribution in [3.05, 3.63) is 24.3 Å². The van der Waals surface area contributed by atoms with Crippen molar-refractivity contribution in [2.75, 3.05) is 33.0 Å². The molecule has 238 valence electrons. The molecule has 0 aromatic heterocycles. The Hall–Kier alpha value is -3.50. The van der Waals surface area contributed by atoms with E-state index in [1.807, 2.05) is 0 Å². The molecule has 0 N–H and O–H groups in total. The van der Waals surface area contributed by atoms with Gasteiger partial charge in [-0.05, 0) is 77.2 Å². The molecule has 0 saturated heterocycles. The van der Waals surface area contributed by atoms with Gasteiger partial charge in [-0.25, -0.2) is 4.79 Å². The van der Waals surface area contributed by atoms with Crippen molar-refractivity contribution in [1.82, 2.24) is 0 Å². The van der Waals surface area contributed by atoms with E-state index in [-0.39, 0.29) is 94.0 Å². The second kappa shape index (κ2) is 25.2. The molecule has 0 atom stereocenters. The number of rotatable bonds is 26. The van der Waals surface area contributed by atoms with E-state index < -0.39 is 5.97 Å². The van der Waals surface area contributed by atoms with Crippen molar-refractivity contribution in [1.29, 1.82) is 0 Å². The highest BCUT2D eigenvalue weighted by Gasteiger charge is 2.09. The minimum Gasteiger partial charge on any atom is -0.466 e. The van der Waals surface area contributed by atoms with Gasteiger partial charge in [-0.2, -0.15) is 0 Å². The summed E-state index contributed by atoms with van der Waals surface area (Å²) in [4.78, 5) is 69.5. The zero-order chi connectivity index (χ0) is 31.6. The van der Waals surface area contributed by atoms with Crippen molar-refractivity contribution < 1.29 is 52.5 Å². The van der Waals surface area contributed by atoms with Gasteiger partial charge in [0.15, 0.2) is 5.78 Å². The van der Waals surface area contributed by atoms with Gasteiger partial charge in [0.2, 0.25) is 0 Å². The standard InChI is InChI=1S/C31H48O11/c1-24(2)26(32)14-13-21-40-27(33)15-7-5-11-19-38-28(34)17-9-10-18-29(35)39-20-12-6-8-16-30(36)41-22-23-42-31(37)25(3)4/h1,3,5-23H2,2,4H3. The Labute approximate surface area is 249 Å². The van der Waals surface area contributed by atoms with Gasteiger partial charge in [-0.3, -0.25) is 24.0 Å². The fraction of sp³-hybridized carbons (Fsp3) is 0.677. The van der Waals surface area contributed by atoms with Gasteiger partial charge in [0.1, 0.15) is 13.2 Å². The van der Waals surface area contributed by atoms with Crippen LogP contribution >= 0.6 is 0 Å². The molecule has 0 bridgehead atoms. The van der Waals surface area contributed by atoms with Crippen LogP contribution in [0.25, 0.3) is 0 Å². The van der Waals surface area contributed by atoms with Crippen LogP contribution in [0.3, 0.4) is 0 Å². The molecule has 0 spiro atoms. The second-order valence-corrected chi connectivity index (χ2v) is 9.93. The van der Waals surface area contributed by atoms with Gasteiger partial charge in [-0.1, -0.05) is 13.2 Å². The van der Waals surface area contributed by atoms with E-state index in [1.165, 1.54) is 6.92 Å². The summed E-state index contributed by atoms with van der Waals surface area (Å²) in [6.45, 7) is 11.0. The number of carbonyl (C=O) groups is 6.